The van der Waals surface area contributed by atoms with Gasteiger partial charge in [-0.3, -0.25) is 4.79 Å². The number of fused-ring (bicyclic) bond motifs is 1. The normalized spacial score (nSPS) is 10.8. The number of H-pyrrole nitrogens is 1. The van der Waals surface area contributed by atoms with Crippen molar-refractivity contribution in [3.8, 4) is 0 Å². The molecular formula is C10H7BrClNO. The molecule has 1 aromatic heterocycles. The molecule has 2 rings (SSSR count). The molecule has 0 amide bonds. The van der Waals surface area contributed by atoms with Crippen LogP contribution in [0.2, 0.25) is 5.02 Å². The van der Waals surface area contributed by atoms with Gasteiger partial charge in [-0.25, -0.2) is 0 Å². The van der Waals surface area contributed by atoms with E-state index in [0.29, 0.717) is 10.7 Å². The molecular weight excluding hydrogens is 265 g/mol. The second kappa shape index (κ2) is 3.41. The molecule has 0 saturated carbocycles. The van der Waals surface area contributed by atoms with Gasteiger partial charge in [-0.1, -0.05) is 11.6 Å². The summed E-state index contributed by atoms with van der Waals surface area (Å²) in [5.74, 6) is 0.0217. The lowest BCUT2D eigenvalue weighted by molar-refractivity contribution is 0.101. The average molecular weight is 273 g/mol. The lowest BCUT2D eigenvalue weighted by atomic mass is 10.2. The fourth-order valence-electron chi connectivity index (χ4n) is 1.32. The van der Waals surface area contributed by atoms with E-state index in [2.05, 4.69) is 20.9 Å². The van der Waals surface area contributed by atoms with Crippen LogP contribution in [0, 0.1) is 0 Å². The van der Waals surface area contributed by atoms with Crippen molar-refractivity contribution in [2.45, 2.75) is 6.92 Å². The van der Waals surface area contributed by atoms with E-state index in [0.717, 1.165) is 15.4 Å². The average Bonchev–Trinajstić information content (AvgIpc) is 2.48. The van der Waals surface area contributed by atoms with Gasteiger partial charge in [0.25, 0.3) is 0 Å². The van der Waals surface area contributed by atoms with Crippen LogP contribution < -0.4 is 0 Å². The standard InChI is InChI=1S/C10H7BrClNO/c1-5(14)9-3-6-2-7(11)8(12)4-10(6)13-9/h2-4,13H,1H3. The monoisotopic (exact) mass is 271 g/mol. The predicted octanol–water partition coefficient (Wildman–Crippen LogP) is 3.79. The number of aromatic nitrogens is 1. The second-order valence-electron chi connectivity index (χ2n) is 3.09. The van der Waals surface area contributed by atoms with Gasteiger partial charge in [0.1, 0.15) is 0 Å². The van der Waals surface area contributed by atoms with Crippen LogP contribution in [-0.4, -0.2) is 10.8 Å². The lowest BCUT2D eigenvalue weighted by Crippen LogP contribution is -1.89. The lowest BCUT2D eigenvalue weighted by Gasteiger charge is -1.94. The zero-order chi connectivity index (χ0) is 10.3. The molecule has 0 radical (unpaired) electrons. The van der Waals surface area contributed by atoms with Crippen LogP contribution in [-0.2, 0) is 0 Å². The Labute approximate surface area is 94.4 Å². The summed E-state index contributed by atoms with van der Waals surface area (Å²) >= 11 is 9.26. The van der Waals surface area contributed by atoms with Crippen molar-refractivity contribution in [3.63, 3.8) is 0 Å². The van der Waals surface area contributed by atoms with Crippen LogP contribution in [0.4, 0.5) is 0 Å². The molecule has 2 nitrogen and oxygen atoms in total. The molecule has 0 spiro atoms. The summed E-state index contributed by atoms with van der Waals surface area (Å²) in [5.41, 5.74) is 1.48. The Kier molecular flexibility index (Phi) is 2.37. The highest BCUT2D eigenvalue weighted by Crippen LogP contribution is 2.28. The van der Waals surface area contributed by atoms with E-state index >= 15 is 0 Å². The Hall–Kier alpha value is -0.800. The molecule has 4 heteroatoms. The van der Waals surface area contributed by atoms with Crippen molar-refractivity contribution in [1.29, 1.82) is 0 Å². The predicted molar refractivity (Wildman–Crippen MR) is 61.0 cm³/mol. The van der Waals surface area contributed by atoms with Crippen LogP contribution in [0.25, 0.3) is 10.9 Å². The first-order chi connectivity index (χ1) is 6.58. The van der Waals surface area contributed by atoms with Gasteiger partial charge in [0.15, 0.2) is 5.78 Å². The molecule has 1 heterocycles. The Morgan fingerprint density at radius 1 is 1.43 bits per heavy atom. The molecule has 0 unspecified atom stereocenters. The van der Waals surface area contributed by atoms with Gasteiger partial charge in [0.2, 0.25) is 0 Å². The minimum atomic E-state index is 0.0217. The summed E-state index contributed by atoms with van der Waals surface area (Å²) in [6.45, 7) is 1.53. The molecule has 2 aromatic rings. The van der Waals surface area contributed by atoms with Crippen LogP contribution in [0.3, 0.4) is 0 Å². The maximum Gasteiger partial charge on any atom is 0.175 e. The first-order valence-corrected chi connectivity index (χ1v) is 5.24. The molecule has 72 valence electrons. The van der Waals surface area contributed by atoms with Crippen LogP contribution in [0.5, 0.6) is 0 Å². The van der Waals surface area contributed by atoms with Crippen molar-refractivity contribution in [1.82, 2.24) is 4.98 Å². The van der Waals surface area contributed by atoms with Crippen LogP contribution in [0.1, 0.15) is 17.4 Å². The smallest absolute Gasteiger partial charge is 0.175 e. The minimum Gasteiger partial charge on any atom is -0.352 e. The minimum absolute atomic E-state index is 0.0217. The summed E-state index contributed by atoms with van der Waals surface area (Å²) < 4.78 is 0.834. The number of aromatic amines is 1. The van der Waals surface area contributed by atoms with E-state index in [1.165, 1.54) is 6.92 Å². The van der Waals surface area contributed by atoms with E-state index in [4.69, 9.17) is 11.6 Å². The van der Waals surface area contributed by atoms with Gasteiger partial charge in [-0.2, -0.15) is 0 Å². The van der Waals surface area contributed by atoms with E-state index in [1.54, 1.807) is 6.07 Å². The molecule has 0 aliphatic carbocycles. The zero-order valence-electron chi connectivity index (χ0n) is 7.40. The highest BCUT2D eigenvalue weighted by molar-refractivity contribution is 9.10. The quantitative estimate of drug-likeness (QED) is 0.787. The maximum atomic E-state index is 11.1. The first-order valence-electron chi connectivity index (χ1n) is 4.06. The summed E-state index contributed by atoms with van der Waals surface area (Å²) in [6, 6.07) is 5.51. The molecule has 1 N–H and O–H groups in total. The number of carbonyl (C=O) groups is 1. The molecule has 1 aromatic carbocycles. The third-order valence-corrected chi connectivity index (χ3v) is 3.24. The molecule has 0 aliphatic heterocycles. The van der Waals surface area contributed by atoms with Gasteiger partial charge < -0.3 is 4.98 Å². The number of carbonyl (C=O) groups excluding carboxylic acids is 1. The molecule has 14 heavy (non-hydrogen) atoms. The molecule has 0 aliphatic rings. The largest absolute Gasteiger partial charge is 0.352 e. The maximum absolute atomic E-state index is 11.1. The second-order valence-corrected chi connectivity index (χ2v) is 4.35. The number of benzene rings is 1. The third kappa shape index (κ3) is 1.57. The summed E-state index contributed by atoms with van der Waals surface area (Å²) in [6.07, 6.45) is 0. The van der Waals surface area contributed by atoms with E-state index in [1.807, 2.05) is 12.1 Å². The number of rotatable bonds is 1. The van der Waals surface area contributed by atoms with Crippen molar-refractivity contribution in [2.24, 2.45) is 0 Å². The Bertz CT molecular complexity index is 479. The van der Waals surface area contributed by atoms with Crippen molar-refractivity contribution in [2.75, 3.05) is 0 Å². The number of nitrogens with one attached hydrogen (secondary N) is 1. The van der Waals surface area contributed by atoms with E-state index in [9.17, 15) is 4.79 Å². The van der Waals surface area contributed by atoms with Gasteiger partial charge in [0, 0.05) is 22.3 Å². The molecule has 0 atom stereocenters. The number of hydrogen-bond acceptors (Lipinski definition) is 1. The number of Topliss-reactive ketones (excluding diaryl/α,β-unsaturated/α-hetero) is 1. The zero-order valence-corrected chi connectivity index (χ0v) is 9.74. The van der Waals surface area contributed by atoms with Gasteiger partial charge in [0.05, 0.1) is 10.7 Å². The Morgan fingerprint density at radius 3 is 2.79 bits per heavy atom. The Balaban J connectivity index is 2.72. The summed E-state index contributed by atoms with van der Waals surface area (Å²) in [5, 5.41) is 1.61. The van der Waals surface area contributed by atoms with Gasteiger partial charge in [-0.05, 0) is 34.1 Å². The highest BCUT2D eigenvalue weighted by atomic mass is 79.9. The van der Waals surface area contributed by atoms with Crippen LogP contribution in [0.15, 0.2) is 22.7 Å². The third-order valence-electron chi connectivity index (χ3n) is 2.04. The molecule has 0 bridgehead atoms. The molecule has 0 saturated heterocycles. The SMILES string of the molecule is CC(=O)c1cc2cc(Br)c(Cl)cc2[nH]1. The van der Waals surface area contributed by atoms with Crippen molar-refractivity contribution < 1.29 is 4.79 Å². The van der Waals surface area contributed by atoms with Gasteiger partial charge in [-0.15, -0.1) is 0 Å². The van der Waals surface area contributed by atoms with Crippen molar-refractivity contribution in [3.05, 3.63) is 33.4 Å². The van der Waals surface area contributed by atoms with Crippen LogP contribution >= 0.6 is 27.5 Å². The highest BCUT2D eigenvalue weighted by Gasteiger charge is 2.06. The Morgan fingerprint density at radius 2 is 2.14 bits per heavy atom. The summed E-state index contributed by atoms with van der Waals surface area (Å²) in [7, 11) is 0. The van der Waals surface area contributed by atoms with E-state index in [-0.39, 0.29) is 5.78 Å². The number of halogens is 2. The first kappa shape index (κ1) is 9.74. The topological polar surface area (TPSA) is 32.9 Å². The number of hydrogen-bond donors (Lipinski definition) is 1. The van der Waals surface area contributed by atoms with E-state index < -0.39 is 0 Å². The van der Waals surface area contributed by atoms with Crippen molar-refractivity contribution >= 4 is 44.2 Å². The van der Waals surface area contributed by atoms with Gasteiger partial charge >= 0.3 is 0 Å². The summed E-state index contributed by atoms with van der Waals surface area (Å²) in [4.78, 5) is 14.1. The molecule has 0 fully saturated rings. The number of ketones is 1. The fraction of sp³-hybridized carbons (Fsp3) is 0.100. The fourth-order valence-corrected chi connectivity index (χ4v) is 1.84.